The number of alkyl carbamates (subject to hydrolysis) is 1. The van der Waals surface area contributed by atoms with E-state index in [0.717, 1.165) is 13.0 Å². The van der Waals surface area contributed by atoms with Gasteiger partial charge in [0, 0.05) is 25.8 Å². The molecule has 1 aromatic heterocycles. The molecular formula is C30H55ClN2O4. The van der Waals surface area contributed by atoms with Crippen molar-refractivity contribution in [1.82, 2.24) is 5.32 Å². The highest BCUT2D eigenvalue weighted by molar-refractivity contribution is 5.66. The molecule has 0 aromatic carbocycles. The first-order valence-corrected chi connectivity index (χ1v) is 14.7. The topological polar surface area (TPSA) is 60.7 Å². The molecule has 37 heavy (non-hydrogen) atoms. The van der Waals surface area contributed by atoms with Gasteiger partial charge >= 0.3 is 6.09 Å². The first-order chi connectivity index (χ1) is 17.8. The van der Waals surface area contributed by atoms with Crippen LogP contribution in [0.3, 0.4) is 0 Å². The predicted molar refractivity (Wildman–Crippen MR) is 147 cm³/mol. The van der Waals surface area contributed by atoms with Gasteiger partial charge in [0.15, 0.2) is 18.9 Å². The molecule has 1 atom stereocenters. The molecular weight excluding hydrogens is 488 g/mol. The summed E-state index contributed by atoms with van der Waals surface area (Å²) in [6.45, 7) is 4.87. The Morgan fingerprint density at radius 1 is 0.757 bits per heavy atom. The average Bonchev–Trinajstić information content (AvgIpc) is 2.90. The fraction of sp³-hybridized carbons (Fsp3) is 0.800. The Morgan fingerprint density at radius 3 is 1.78 bits per heavy atom. The lowest BCUT2D eigenvalue weighted by Gasteiger charge is -2.16. The molecule has 216 valence electrons. The minimum Gasteiger partial charge on any atom is -1.00 e. The van der Waals surface area contributed by atoms with E-state index in [4.69, 9.17) is 14.2 Å². The number of methoxy groups -OCH3 is 1. The highest BCUT2D eigenvalue weighted by atomic mass is 35.5. The largest absolute Gasteiger partial charge is 1.00 e. The molecule has 0 aliphatic carbocycles. The van der Waals surface area contributed by atoms with Gasteiger partial charge in [-0.2, -0.15) is 0 Å². The molecule has 6 nitrogen and oxygen atoms in total. The van der Waals surface area contributed by atoms with E-state index >= 15 is 0 Å². The Hall–Kier alpha value is -1.37. The van der Waals surface area contributed by atoms with Crippen LogP contribution in [0.4, 0.5) is 4.79 Å². The van der Waals surface area contributed by atoms with Crippen LogP contribution >= 0.6 is 0 Å². The molecule has 1 N–H and O–H groups in total. The maximum Gasteiger partial charge on any atom is 0.407 e. The molecule has 1 amide bonds. The maximum absolute atomic E-state index is 11.9. The number of halogens is 1. The smallest absolute Gasteiger partial charge is 0.407 e. The minimum absolute atomic E-state index is 0. The molecule has 0 aliphatic heterocycles. The molecule has 1 rings (SSSR count). The second-order valence-electron chi connectivity index (χ2n) is 9.87. The number of carbonyl (C=O) groups excluding carboxylic acids is 1. The van der Waals surface area contributed by atoms with Crippen LogP contribution in [0, 0.1) is 0 Å². The van der Waals surface area contributed by atoms with Crippen molar-refractivity contribution >= 4 is 6.09 Å². The van der Waals surface area contributed by atoms with Crippen molar-refractivity contribution in [2.24, 2.45) is 0 Å². The minimum atomic E-state index is -0.425. The summed E-state index contributed by atoms with van der Waals surface area (Å²) in [5, 5.41) is 2.76. The summed E-state index contributed by atoms with van der Waals surface area (Å²) in [6.07, 6.45) is 25.1. The number of ether oxygens (including phenoxy) is 3. The molecule has 0 saturated carbocycles. The third-order valence-electron chi connectivity index (χ3n) is 6.60. The number of carbonyl (C=O) groups is 1. The van der Waals surface area contributed by atoms with E-state index in [1.807, 2.05) is 35.2 Å². The van der Waals surface area contributed by atoms with E-state index < -0.39 is 6.09 Å². The van der Waals surface area contributed by atoms with Crippen molar-refractivity contribution in [2.45, 2.75) is 122 Å². The van der Waals surface area contributed by atoms with Crippen LogP contribution in [0.5, 0.6) is 0 Å². The van der Waals surface area contributed by atoms with Gasteiger partial charge in [-0.15, -0.1) is 0 Å². The lowest BCUT2D eigenvalue weighted by Crippen LogP contribution is -3.00. The zero-order valence-corrected chi connectivity index (χ0v) is 24.5. The number of unbranched alkanes of at least 4 members (excludes halogenated alkanes) is 15. The van der Waals surface area contributed by atoms with Gasteiger partial charge in [0.1, 0.15) is 12.7 Å². The summed E-state index contributed by atoms with van der Waals surface area (Å²) < 4.78 is 18.4. The molecule has 0 fully saturated rings. The van der Waals surface area contributed by atoms with E-state index in [0.29, 0.717) is 19.7 Å². The fourth-order valence-corrected chi connectivity index (χ4v) is 4.24. The summed E-state index contributed by atoms with van der Waals surface area (Å²) >= 11 is 0. The normalized spacial score (nSPS) is 11.6. The molecule has 0 radical (unpaired) electrons. The van der Waals surface area contributed by atoms with Gasteiger partial charge in [-0.05, 0) is 6.42 Å². The van der Waals surface area contributed by atoms with Gasteiger partial charge in [-0.1, -0.05) is 109 Å². The number of nitrogens with one attached hydrogen (secondary N) is 1. The van der Waals surface area contributed by atoms with Gasteiger partial charge < -0.3 is 31.9 Å². The van der Waals surface area contributed by atoms with Gasteiger partial charge in [-0.25, -0.2) is 9.36 Å². The number of hydrogen-bond donors (Lipinski definition) is 1. The first kappa shape index (κ1) is 35.6. The van der Waals surface area contributed by atoms with Gasteiger partial charge in [0.2, 0.25) is 0 Å². The Kier molecular flexibility index (Phi) is 26.6. The Labute approximate surface area is 233 Å². The van der Waals surface area contributed by atoms with Crippen LogP contribution < -0.4 is 22.3 Å². The first-order valence-electron chi connectivity index (χ1n) is 14.7. The van der Waals surface area contributed by atoms with Gasteiger partial charge in [0.05, 0.1) is 13.2 Å². The van der Waals surface area contributed by atoms with Gasteiger partial charge in [-0.3, -0.25) is 0 Å². The Morgan fingerprint density at radius 2 is 1.27 bits per heavy atom. The summed E-state index contributed by atoms with van der Waals surface area (Å²) in [6, 6.07) is 5.88. The number of aromatic nitrogens is 1. The van der Waals surface area contributed by atoms with Crippen LogP contribution in [-0.4, -0.2) is 45.7 Å². The third-order valence-corrected chi connectivity index (χ3v) is 6.60. The lowest BCUT2D eigenvalue weighted by atomic mass is 10.0. The number of amides is 1. The van der Waals surface area contributed by atoms with E-state index in [2.05, 4.69) is 12.2 Å². The molecule has 0 saturated heterocycles. The van der Waals surface area contributed by atoms with E-state index in [9.17, 15) is 4.79 Å². The SMILES string of the molecule is CCCCCCCCCCCCCCCCCCOC[C@@H](COC(=O)NCC[n+]1ccccc1)OC.[Cl-]. The van der Waals surface area contributed by atoms with Crippen LogP contribution in [0.15, 0.2) is 30.6 Å². The Balaban J connectivity index is 0.0000130. The van der Waals surface area contributed by atoms with Crippen molar-refractivity contribution in [3.63, 3.8) is 0 Å². The zero-order valence-electron chi connectivity index (χ0n) is 23.8. The van der Waals surface area contributed by atoms with E-state index in [1.54, 1.807) is 7.11 Å². The van der Waals surface area contributed by atoms with Crippen molar-refractivity contribution in [3.05, 3.63) is 30.6 Å². The van der Waals surface area contributed by atoms with E-state index in [-0.39, 0.29) is 25.1 Å². The van der Waals surface area contributed by atoms with Crippen molar-refractivity contribution in [3.8, 4) is 0 Å². The highest BCUT2D eigenvalue weighted by Crippen LogP contribution is 2.13. The van der Waals surface area contributed by atoms with Crippen LogP contribution in [0.2, 0.25) is 0 Å². The quantitative estimate of drug-likeness (QED) is 0.150. The van der Waals surface area contributed by atoms with Crippen molar-refractivity contribution < 1.29 is 36.0 Å². The second kappa shape index (κ2) is 27.7. The number of hydrogen-bond acceptors (Lipinski definition) is 4. The number of rotatable bonds is 25. The summed E-state index contributed by atoms with van der Waals surface area (Å²) in [5.74, 6) is 0. The molecule has 7 heteroatoms. The predicted octanol–water partition coefficient (Wildman–Crippen LogP) is 4.00. The van der Waals surface area contributed by atoms with Crippen molar-refractivity contribution in [2.75, 3.05) is 33.5 Å². The molecule has 1 heterocycles. The molecule has 0 spiro atoms. The molecule has 0 bridgehead atoms. The Bertz CT molecular complexity index is 607. The van der Waals surface area contributed by atoms with Crippen LogP contribution in [-0.2, 0) is 20.8 Å². The average molecular weight is 543 g/mol. The number of nitrogens with zero attached hydrogens (tertiary/aromatic N) is 1. The van der Waals surface area contributed by atoms with E-state index in [1.165, 1.54) is 96.3 Å². The summed E-state index contributed by atoms with van der Waals surface area (Å²) in [4.78, 5) is 11.9. The molecule has 1 aromatic rings. The number of pyridine rings is 1. The van der Waals surface area contributed by atoms with Gasteiger partial charge in [0.25, 0.3) is 0 Å². The fourth-order valence-electron chi connectivity index (χ4n) is 4.24. The second-order valence-corrected chi connectivity index (χ2v) is 9.87. The molecule has 0 unspecified atom stereocenters. The third kappa shape index (κ3) is 23.5. The van der Waals surface area contributed by atoms with Crippen LogP contribution in [0.1, 0.15) is 110 Å². The van der Waals surface area contributed by atoms with Crippen molar-refractivity contribution in [1.29, 1.82) is 0 Å². The zero-order chi connectivity index (χ0) is 25.9. The standard InChI is InChI=1S/C30H54N2O4.ClH/c1-3-4-5-6-7-8-9-10-11-12-13-14-15-16-17-21-26-35-27-29(34-2)28-36-30(33)31-22-25-32-23-19-18-20-24-32;/h18-20,23-24,29H,3-17,21-22,25-28H2,1-2H3;1H/t29-;/m0./s1. The summed E-state index contributed by atoms with van der Waals surface area (Å²) in [7, 11) is 1.62. The summed E-state index contributed by atoms with van der Waals surface area (Å²) in [5.41, 5.74) is 0. The lowest BCUT2D eigenvalue weighted by molar-refractivity contribution is -0.694. The van der Waals surface area contributed by atoms with Crippen LogP contribution in [0.25, 0.3) is 0 Å². The highest BCUT2D eigenvalue weighted by Gasteiger charge is 2.12. The maximum atomic E-state index is 11.9. The monoisotopic (exact) mass is 542 g/mol. The molecule has 0 aliphatic rings.